The van der Waals surface area contributed by atoms with Crippen LogP contribution in [0.1, 0.15) is 25.0 Å². The molecule has 0 atom stereocenters. The average Bonchev–Trinajstić information content (AvgIpc) is 3.57. The van der Waals surface area contributed by atoms with Gasteiger partial charge in [-0.1, -0.05) is 123 Å². The van der Waals surface area contributed by atoms with Gasteiger partial charge in [0.2, 0.25) is 0 Å². The molecule has 208 valence electrons. The second-order valence-corrected chi connectivity index (χ2v) is 12.3. The van der Waals surface area contributed by atoms with Crippen molar-refractivity contribution in [1.29, 1.82) is 0 Å². The van der Waals surface area contributed by atoms with E-state index in [0.29, 0.717) is 0 Å². The molecule has 1 aliphatic carbocycles. The molecule has 0 saturated heterocycles. The van der Waals surface area contributed by atoms with E-state index < -0.39 is 0 Å². The van der Waals surface area contributed by atoms with Crippen LogP contribution in [0.3, 0.4) is 0 Å². The van der Waals surface area contributed by atoms with Gasteiger partial charge in [-0.15, -0.1) is 0 Å². The maximum Gasteiger partial charge on any atom is 0.165 e. The molecule has 0 fully saturated rings. The molecule has 0 amide bonds. The summed E-state index contributed by atoms with van der Waals surface area (Å²) in [6.45, 7) is 4.66. The molecule has 5 aromatic carbocycles. The van der Waals surface area contributed by atoms with Crippen molar-refractivity contribution < 1.29 is 0 Å². The SMILES string of the molecule is CC1(C)c2ccccc2-c2cc(-c3cccc(-c4ccc(-c5nc6c(nc7ccccn76)c6ccccc56)cc4)c3)ccc21. The van der Waals surface area contributed by atoms with E-state index in [2.05, 4.69) is 134 Å². The number of pyridine rings is 2. The summed E-state index contributed by atoms with van der Waals surface area (Å²) >= 11 is 0. The van der Waals surface area contributed by atoms with Gasteiger partial charge in [-0.3, -0.25) is 4.40 Å². The molecule has 0 radical (unpaired) electrons. The molecule has 0 spiro atoms. The molecule has 3 heteroatoms. The largest absolute Gasteiger partial charge is 0.284 e. The van der Waals surface area contributed by atoms with Crippen molar-refractivity contribution in [2.45, 2.75) is 19.3 Å². The first-order chi connectivity index (χ1) is 21.6. The average molecular weight is 564 g/mol. The van der Waals surface area contributed by atoms with Crippen LogP contribution in [0.4, 0.5) is 0 Å². The lowest BCUT2D eigenvalue weighted by molar-refractivity contribution is 0.660. The highest BCUT2D eigenvalue weighted by Gasteiger charge is 2.35. The van der Waals surface area contributed by atoms with Crippen LogP contribution in [0.2, 0.25) is 0 Å². The van der Waals surface area contributed by atoms with Gasteiger partial charge < -0.3 is 0 Å². The number of benzene rings is 5. The summed E-state index contributed by atoms with van der Waals surface area (Å²) in [4.78, 5) is 10.1. The smallest absolute Gasteiger partial charge is 0.165 e. The maximum atomic E-state index is 5.17. The van der Waals surface area contributed by atoms with Crippen molar-refractivity contribution in [1.82, 2.24) is 14.4 Å². The van der Waals surface area contributed by atoms with Crippen molar-refractivity contribution in [2.24, 2.45) is 0 Å². The lowest BCUT2D eigenvalue weighted by Gasteiger charge is -2.21. The van der Waals surface area contributed by atoms with E-state index in [0.717, 1.165) is 38.8 Å². The molecule has 3 nitrogen and oxygen atoms in total. The van der Waals surface area contributed by atoms with Crippen molar-refractivity contribution in [3.8, 4) is 44.6 Å². The molecule has 9 rings (SSSR count). The summed E-state index contributed by atoms with van der Waals surface area (Å²) < 4.78 is 2.07. The monoisotopic (exact) mass is 563 g/mol. The fourth-order valence-electron chi connectivity index (χ4n) is 7.15. The van der Waals surface area contributed by atoms with Gasteiger partial charge in [0.05, 0.1) is 5.69 Å². The maximum absolute atomic E-state index is 5.17. The third-order valence-corrected chi connectivity index (χ3v) is 9.43. The van der Waals surface area contributed by atoms with Crippen LogP contribution in [0.5, 0.6) is 0 Å². The summed E-state index contributed by atoms with van der Waals surface area (Å²) in [7, 11) is 0. The summed E-state index contributed by atoms with van der Waals surface area (Å²) in [5.41, 5.74) is 15.2. The minimum absolute atomic E-state index is 0.0178. The van der Waals surface area contributed by atoms with Crippen LogP contribution < -0.4 is 0 Å². The van der Waals surface area contributed by atoms with E-state index in [9.17, 15) is 0 Å². The van der Waals surface area contributed by atoms with Gasteiger partial charge in [0.15, 0.2) is 5.65 Å². The molecule has 3 aromatic heterocycles. The molecule has 44 heavy (non-hydrogen) atoms. The van der Waals surface area contributed by atoms with Crippen molar-refractivity contribution in [3.63, 3.8) is 0 Å². The Labute approximate surface area is 256 Å². The Morgan fingerprint density at radius 2 is 1.16 bits per heavy atom. The fourth-order valence-corrected chi connectivity index (χ4v) is 7.15. The van der Waals surface area contributed by atoms with Crippen LogP contribution in [0.25, 0.3) is 72.2 Å². The molecule has 8 aromatic rings. The molecule has 0 bridgehead atoms. The van der Waals surface area contributed by atoms with Gasteiger partial charge in [0.25, 0.3) is 0 Å². The number of imidazole rings is 1. The Morgan fingerprint density at radius 1 is 0.500 bits per heavy atom. The first kappa shape index (κ1) is 25.0. The first-order valence-corrected chi connectivity index (χ1v) is 15.2. The molecular weight excluding hydrogens is 534 g/mol. The third kappa shape index (κ3) is 3.62. The van der Waals surface area contributed by atoms with Crippen molar-refractivity contribution in [2.75, 3.05) is 0 Å². The highest BCUT2D eigenvalue weighted by Crippen LogP contribution is 2.49. The zero-order valence-electron chi connectivity index (χ0n) is 24.6. The number of aromatic nitrogens is 3. The predicted octanol–water partition coefficient (Wildman–Crippen LogP) is 10.3. The molecule has 0 N–H and O–H groups in total. The first-order valence-electron chi connectivity index (χ1n) is 15.2. The number of hydrogen-bond acceptors (Lipinski definition) is 2. The predicted molar refractivity (Wildman–Crippen MR) is 182 cm³/mol. The Bertz CT molecular complexity index is 2410. The van der Waals surface area contributed by atoms with Crippen LogP contribution in [0.15, 0.2) is 140 Å². The molecular formula is C41H29N3. The Balaban J connectivity index is 1.11. The van der Waals surface area contributed by atoms with Gasteiger partial charge in [0.1, 0.15) is 11.2 Å². The number of hydrogen-bond donors (Lipinski definition) is 0. The highest BCUT2D eigenvalue weighted by molar-refractivity contribution is 6.09. The van der Waals surface area contributed by atoms with Gasteiger partial charge in [0, 0.05) is 27.9 Å². The highest BCUT2D eigenvalue weighted by atomic mass is 15.1. The molecule has 3 heterocycles. The van der Waals surface area contributed by atoms with E-state index >= 15 is 0 Å². The molecule has 0 aliphatic heterocycles. The van der Waals surface area contributed by atoms with Crippen LogP contribution >= 0.6 is 0 Å². The minimum Gasteiger partial charge on any atom is -0.284 e. The molecule has 0 unspecified atom stereocenters. The van der Waals surface area contributed by atoms with E-state index in [-0.39, 0.29) is 5.41 Å². The van der Waals surface area contributed by atoms with E-state index in [1.165, 1.54) is 44.5 Å². The Morgan fingerprint density at radius 3 is 2.02 bits per heavy atom. The van der Waals surface area contributed by atoms with Crippen LogP contribution in [-0.2, 0) is 5.41 Å². The van der Waals surface area contributed by atoms with Crippen LogP contribution in [-0.4, -0.2) is 14.4 Å². The number of nitrogens with zero attached hydrogens (tertiary/aromatic N) is 3. The fraction of sp³-hybridized carbons (Fsp3) is 0.0732. The standard InChI is InChI=1S/C41H29N3/c1-41(2)35-15-6-5-12-31(35)34-25-30(21-22-36(34)41)29-11-9-10-28(24-29)26-17-19-27(20-18-26)38-32-13-3-4-14-33(32)39-40(43-38)44-23-8-7-16-37(44)42-39/h3-25H,1-2H3. The summed E-state index contributed by atoms with van der Waals surface area (Å²) in [6, 6.07) is 48.0. The lowest BCUT2D eigenvalue weighted by atomic mass is 9.82. The van der Waals surface area contributed by atoms with E-state index in [1.807, 2.05) is 24.4 Å². The number of fused-ring (bicyclic) bond motifs is 8. The van der Waals surface area contributed by atoms with Gasteiger partial charge in [-0.05, 0) is 68.8 Å². The zero-order valence-corrected chi connectivity index (χ0v) is 24.6. The lowest BCUT2D eigenvalue weighted by Crippen LogP contribution is -2.14. The summed E-state index contributed by atoms with van der Waals surface area (Å²) in [5.74, 6) is 0. The van der Waals surface area contributed by atoms with Crippen molar-refractivity contribution in [3.05, 3.63) is 151 Å². The third-order valence-electron chi connectivity index (χ3n) is 9.43. The van der Waals surface area contributed by atoms with Gasteiger partial charge >= 0.3 is 0 Å². The molecule has 1 aliphatic rings. The van der Waals surface area contributed by atoms with Gasteiger partial charge in [-0.2, -0.15) is 0 Å². The Kier molecular flexibility index (Phi) is 5.24. The quantitative estimate of drug-likeness (QED) is 0.214. The number of rotatable bonds is 3. The summed E-state index contributed by atoms with van der Waals surface area (Å²) in [5, 5.41) is 2.23. The second-order valence-electron chi connectivity index (χ2n) is 12.3. The topological polar surface area (TPSA) is 30.2 Å². The Hall–Kier alpha value is -5.54. The second kappa shape index (κ2) is 9.23. The van der Waals surface area contributed by atoms with Gasteiger partial charge in [-0.25, -0.2) is 9.97 Å². The zero-order chi connectivity index (χ0) is 29.4. The normalized spacial score (nSPS) is 13.4. The summed E-state index contributed by atoms with van der Waals surface area (Å²) in [6.07, 6.45) is 2.03. The van der Waals surface area contributed by atoms with E-state index in [4.69, 9.17) is 9.97 Å². The van der Waals surface area contributed by atoms with Crippen LogP contribution in [0, 0.1) is 0 Å². The molecule has 0 saturated carbocycles. The van der Waals surface area contributed by atoms with E-state index in [1.54, 1.807) is 0 Å². The minimum atomic E-state index is 0.0178. The van der Waals surface area contributed by atoms with Crippen molar-refractivity contribution >= 4 is 27.6 Å².